The summed E-state index contributed by atoms with van der Waals surface area (Å²) >= 11 is 0. The molecule has 10 heavy (non-hydrogen) atoms. The van der Waals surface area contributed by atoms with Crippen LogP contribution in [-0.2, 0) is 19.2 Å². The zero-order chi connectivity index (χ0) is 8.20. The summed E-state index contributed by atoms with van der Waals surface area (Å²) in [6, 6.07) is 0. The molecular weight excluding hydrogens is 140 g/mol. The third kappa shape index (κ3) is 1.66. The molecule has 0 saturated carbocycles. The van der Waals surface area contributed by atoms with Crippen LogP contribution < -0.4 is 0 Å². The van der Waals surface area contributed by atoms with E-state index in [4.69, 9.17) is 5.26 Å². The van der Waals surface area contributed by atoms with E-state index in [0.717, 1.165) is 0 Å². The monoisotopic (exact) mass is 150 g/mol. The van der Waals surface area contributed by atoms with Crippen molar-refractivity contribution in [2.75, 3.05) is 14.2 Å². The molecule has 0 saturated heterocycles. The van der Waals surface area contributed by atoms with Gasteiger partial charge in [0.15, 0.2) is 0 Å². The quantitative estimate of drug-likeness (QED) is 0.266. The molecule has 1 N–H and O–H groups in total. The van der Waals surface area contributed by atoms with E-state index in [1.165, 1.54) is 21.1 Å². The molecule has 60 valence electrons. The van der Waals surface area contributed by atoms with Crippen LogP contribution in [0.5, 0.6) is 0 Å². The lowest BCUT2D eigenvalue weighted by Gasteiger charge is -2.19. The first-order valence-corrected chi connectivity index (χ1v) is 2.57. The molecule has 0 aliphatic rings. The second-order valence-electron chi connectivity index (χ2n) is 1.73. The van der Waals surface area contributed by atoms with Crippen LogP contribution in [0.3, 0.4) is 0 Å². The molecule has 0 aromatic carbocycles. The van der Waals surface area contributed by atoms with Crippen molar-refractivity contribution in [1.29, 1.82) is 0 Å². The maximum absolute atomic E-state index is 10.7. The highest BCUT2D eigenvalue weighted by Crippen LogP contribution is 2.10. The predicted molar refractivity (Wildman–Crippen MR) is 31.1 cm³/mol. The van der Waals surface area contributed by atoms with E-state index in [9.17, 15) is 4.79 Å². The summed E-state index contributed by atoms with van der Waals surface area (Å²) in [7, 11) is 2.38. The Hall–Kier alpha value is -0.650. The van der Waals surface area contributed by atoms with E-state index in [1.54, 1.807) is 0 Å². The smallest absolute Gasteiger partial charge is 0.369 e. The molecule has 0 bridgehead atoms. The molecule has 0 heterocycles. The first kappa shape index (κ1) is 9.35. The van der Waals surface area contributed by atoms with Gasteiger partial charge in [0.25, 0.3) is 5.79 Å². The number of hydrogen-bond acceptors (Lipinski definition) is 5. The molecule has 0 aliphatic heterocycles. The molecule has 1 unspecified atom stereocenters. The molecule has 0 aliphatic carbocycles. The summed E-state index contributed by atoms with van der Waals surface area (Å²) in [5.74, 6) is -2.51. The van der Waals surface area contributed by atoms with Gasteiger partial charge in [-0.3, -0.25) is 0 Å². The number of esters is 1. The van der Waals surface area contributed by atoms with Crippen LogP contribution in [0.25, 0.3) is 0 Å². The third-order valence-corrected chi connectivity index (χ3v) is 1.12. The van der Waals surface area contributed by atoms with Crippen LogP contribution in [0.15, 0.2) is 0 Å². The number of methoxy groups -OCH3 is 2. The summed E-state index contributed by atoms with van der Waals surface area (Å²) in [5, 5.41) is 8.16. The van der Waals surface area contributed by atoms with Gasteiger partial charge in [0.1, 0.15) is 0 Å². The number of rotatable bonds is 3. The zero-order valence-corrected chi connectivity index (χ0v) is 6.08. The van der Waals surface area contributed by atoms with Crippen LogP contribution in [0, 0.1) is 0 Å². The van der Waals surface area contributed by atoms with Crippen LogP contribution in [0.1, 0.15) is 6.92 Å². The van der Waals surface area contributed by atoms with Crippen molar-refractivity contribution in [1.82, 2.24) is 0 Å². The number of carbonyl (C=O) groups excluding carboxylic acids is 1. The molecule has 0 aromatic heterocycles. The van der Waals surface area contributed by atoms with Gasteiger partial charge in [-0.15, -0.1) is 0 Å². The fourth-order valence-electron chi connectivity index (χ4n) is 0.343. The lowest BCUT2D eigenvalue weighted by atomic mass is 10.3. The van der Waals surface area contributed by atoms with Crippen molar-refractivity contribution in [2.45, 2.75) is 12.7 Å². The standard InChI is InChI=1S/C5H10O5/c1-5(9-3,10-7)4(6)8-2/h7H,1-3H3. The summed E-state index contributed by atoms with van der Waals surface area (Å²) in [6.45, 7) is 1.23. The summed E-state index contributed by atoms with van der Waals surface area (Å²) in [5.41, 5.74) is 0. The van der Waals surface area contributed by atoms with Crippen molar-refractivity contribution < 1.29 is 24.4 Å². The Morgan fingerprint density at radius 1 is 1.50 bits per heavy atom. The largest absolute Gasteiger partial charge is 0.465 e. The molecule has 5 nitrogen and oxygen atoms in total. The average Bonchev–Trinajstić information content (AvgIpc) is 2.01. The Morgan fingerprint density at radius 2 is 2.00 bits per heavy atom. The topological polar surface area (TPSA) is 65.0 Å². The van der Waals surface area contributed by atoms with Crippen LogP contribution in [-0.4, -0.2) is 31.2 Å². The van der Waals surface area contributed by atoms with Gasteiger partial charge in [0, 0.05) is 14.0 Å². The first-order chi connectivity index (χ1) is 4.60. The van der Waals surface area contributed by atoms with Gasteiger partial charge in [-0.2, -0.15) is 4.89 Å². The minimum Gasteiger partial charge on any atom is -0.465 e. The highest BCUT2D eigenvalue weighted by Gasteiger charge is 2.36. The van der Waals surface area contributed by atoms with E-state index in [1.807, 2.05) is 0 Å². The molecule has 5 heteroatoms. The lowest BCUT2D eigenvalue weighted by Crippen LogP contribution is -2.40. The molecule has 0 amide bonds. The molecule has 0 rings (SSSR count). The molecule has 0 fully saturated rings. The van der Waals surface area contributed by atoms with Crippen molar-refractivity contribution in [3.05, 3.63) is 0 Å². The van der Waals surface area contributed by atoms with Crippen molar-refractivity contribution in [3.63, 3.8) is 0 Å². The van der Waals surface area contributed by atoms with Crippen LogP contribution in [0.2, 0.25) is 0 Å². The lowest BCUT2D eigenvalue weighted by molar-refractivity contribution is -0.379. The molecule has 0 radical (unpaired) electrons. The van der Waals surface area contributed by atoms with Gasteiger partial charge in [-0.05, 0) is 0 Å². The van der Waals surface area contributed by atoms with Gasteiger partial charge in [0.2, 0.25) is 0 Å². The number of hydrogen-bond donors (Lipinski definition) is 1. The van der Waals surface area contributed by atoms with E-state index in [2.05, 4.69) is 14.4 Å². The second kappa shape index (κ2) is 3.50. The number of ether oxygens (including phenoxy) is 2. The summed E-state index contributed by atoms with van der Waals surface area (Å²) < 4.78 is 8.74. The van der Waals surface area contributed by atoms with Crippen molar-refractivity contribution in [3.8, 4) is 0 Å². The van der Waals surface area contributed by atoms with Crippen molar-refractivity contribution in [2.24, 2.45) is 0 Å². The van der Waals surface area contributed by atoms with Crippen LogP contribution >= 0.6 is 0 Å². The Labute approximate surface area is 58.4 Å². The highest BCUT2D eigenvalue weighted by atomic mass is 17.1. The maximum atomic E-state index is 10.7. The van der Waals surface area contributed by atoms with Crippen molar-refractivity contribution >= 4 is 5.97 Å². The Morgan fingerprint density at radius 3 is 2.10 bits per heavy atom. The summed E-state index contributed by atoms with van der Waals surface area (Å²) in [4.78, 5) is 14.4. The SMILES string of the molecule is COC(=O)C(C)(OC)OO. The Balaban J connectivity index is 4.17. The van der Waals surface area contributed by atoms with Gasteiger partial charge >= 0.3 is 5.97 Å². The molecule has 0 spiro atoms. The molecule has 0 aromatic rings. The fourth-order valence-corrected chi connectivity index (χ4v) is 0.343. The summed E-state index contributed by atoms with van der Waals surface area (Å²) in [6.07, 6.45) is 0. The maximum Gasteiger partial charge on any atom is 0.369 e. The zero-order valence-electron chi connectivity index (χ0n) is 6.08. The van der Waals surface area contributed by atoms with Gasteiger partial charge in [-0.25, -0.2) is 10.1 Å². The molecular formula is C5H10O5. The van der Waals surface area contributed by atoms with Crippen LogP contribution in [0.4, 0.5) is 0 Å². The Kier molecular flexibility index (Phi) is 3.27. The normalized spacial score (nSPS) is 16.0. The van der Waals surface area contributed by atoms with E-state index in [0.29, 0.717) is 0 Å². The van der Waals surface area contributed by atoms with Gasteiger partial charge < -0.3 is 9.47 Å². The van der Waals surface area contributed by atoms with E-state index >= 15 is 0 Å². The minimum absolute atomic E-state index is 0.794. The first-order valence-electron chi connectivity index (χ1n) is 2.57. The second-order valence-corrected chi connectivity index (χ2v) is 1.73. The average molecular weight is 150 g/mol. The van der Waals surface area contributed by atoms with E-state index < -0.39 is 11.8 Å². The minimum atomic E-state index is -1.71. The highest BCUT2D eigenvalue weighted by molar-refractivity contribution is 5.77. The predicted octanol–water partition coefficient (Wildman–Crippen LogP) is 0.0116. The third-order valence-electron chi connectivity index (χ3n) is 1.12. The Bertz CT molecular complexity index is 117. The number of carbonyl (C=O) groups is 1. The van der Waals surface area contributed by atoms with Gasteiger partial charge in [-0.1, -0.05) is 0 Å². The fraction of sp³-hybridized carbons (Fsp3) is 0.800. The van der Waals surface area contributed by atoms with Gasteiger partial charge in [0.05, 0.1) is 7.11 Å². The van der Waals surface area contributed by atoms with E-state index in [-0.39, 0.29) is 0 Å². The molecule has 1 atom stereocenters.